The second kappa shape index (κ2) is 9.56. The zero-order valence-electron chi connectivity index (χ0n) is 8.93. The second-order valence-electron chi connectivity index (χ2n) is 2.96. The first-order valence-electron chi connectivity index (χ1n) is 4.42. The van der Waals surface area contributed by atoms with E-state index in [1.54, 1.807) is 0 Å². The van der Waals surface area contributed by atoms with E-state index >= 15 is 0 Å². The fourth-order valence-corrected chi connectivity index (χ4v) is 1.66. The van der Waals surface area contributed by atoms with Crippen molar-refractivity contribution in [1.82, 2.24) is 0 Å². The molecule has 0 aromatic heterocycles. The minimum atomic E-state index is -1.16. The maximum atomic E-state index is 11.5. The van der Waals surface area contributed by atoms with Gasteiger partial charge in [-0.15, -0.1) is 0 Å². The lowest BCUT2D eigenvalue weighted by Gasteiger charge is -2.19. The molecule has 19 heavy (non-hydrogen) atoms. The number of carbonyl (C=O) groups is 2. The Balaban J connectivity index is 4.32. The third kappa shape index (κ3) is 9.24. The van der Waals surface area contributed by atoms with Gasteiger partial charge in [0.15, 0.2) is 0 Å². The van der Waals surface area contributed by atoms with E-state index in [1.807, 2.05) is 0 Å². The van der Waals surface area contributed by atoms with Gasteiger partial charge in [0, 0.05) is 15.9 Å². The molecule has 108 valence electrons. The first-order chi connectivity index (χ1) is 8.68. The molecule has 12 heteroatoms. The number of nitrogens with zero attached hydrogens (tertiary/aromatic N) is 3. The molecule has 0 aliphatic rings. The maximum absolute atomic E-state index is 11.5. The molecular weight excluding hydrogens is 590 g/mol. The number of alkyl halides is 5. The highest BCUT2D eigenvalue weighted by atomic mass is 80.0. The molecule has 0 fully saturated rings. The third-order valence-corrected chi connectivity index (χ3v) is 4.03. The van der Waals surface area contributed by atoms with E-state index in [-0.39, 0.29) is 22.9 Å². The van der Waals surface area contributed by atoms with Gasteiger partial charge < -0.3 is 9.47 Å². The average Bonchev–Trinajstić information content (AvgIpc) is 2.27. The standard InChI is InChI=1S/C7H6Br5N3O4/c8-4(9)3(2-19-6(17)14-15-13)1-18-5(16)7(10,11)12/h3-4H,1-2H2. The van der Waals surface area contributed by atoms with E-state index in [0.717, 1.165) is 0 Å². The number of hydrogen-bond donors (Lipinski definition) is 0. The van der Waals surface area contributed by atoms with Crippen LogP contribution in [0.15, 0.2) is 5.11 Å². The van der Waals surface area contributed by atoms with Crippen LogP contribution in [0.5, 0.6) is 0 Å². The van der Waals surface area contributed by atoms with Crippen LogP contribution in [0.1, 0.15) is 0 Å². The summed E-state index contributed by atoms with van der Waals surface area (Å²) in [5.41, 5.74) is 8.03. The number of amides is 1. The summed E-state index contributed by atoms with van der Waals surface area (Å²) in [6.45, 7) is -0.111. The van der Waals surface area contributed by atoms with Crippen LogP contribution < -0.4 is 0 Å². The number of halogens is 5. The van der Waals surface area contributed by atoms with Crippen molar-refractivity contribution < 1.29 is 19.1 Å². The highest BCUT2D eigenvalue weighted by molar-refractivity contribution is 9.40. The lowest BCUT2D eigenvalue weighted by molar-refractivity contribution is -0.143. The van der Waals surface area contributed by atoms with Gasteiger partial charge in [0.2, 0.25) is 2.14 Å². The smallest absolute Gasteiger partial charge is 0.396 e. The van der Waals surface area contributed by atoms with Crippen molar-refractivity contribution in [3.05, 3.63) is 10.4 Å². The Labute approximate surface area is 150 Å². The fourth-order valence-electron chi connectivity index (χ4n) is 0.702. The van der Waals surface area contributed by atoms with Gasteiger partial charge >= 0.3 is 12.1 Å². The normalized spacial score (nSPS) is 12.5. The van der Waals surface area contributed by atoms with Gasteiger partial charge in [-0.3, -0.25) is 0 Å². The second-order valence-corrected chi connectivity index (χ2v) is 12.9. The summed E-state index contributed by atoms with van der Waals surface area (Å²) in [7, 11) is 0. The Morgan fingerprint density at radius 2 is 1.74 bits per heavy atom. The number of ether oxygens (including phenoxy) is 2. The number of esters is 1. The van der Waals surface area contributed by atoms with Crippen molar-refractivity contribution in [3.8, 4) is 0 Å². The van der Waals surface area contributed by atoms with Gasteiger partial charge in [-0.2, -0.15) is 0 Å². The van der Waals surface area contributed by atoms with Crippen LogP contribution in [-0.2, 0) is 14.3 Å². The molecule has 0 N–H and O–H groups in total. The van der Waals surface area contributed by atoms with Gasteiger partial charge in [0.05, 0.1) is 17.0 Å². The molecule has 0 saturated heterocycles. The van der Waals surface area contributed by atoms with Crippen molar-refractivity contribution in [1.29, 1.82) is 0 Å². The largest absolute Gasteiger partial charge is 0.463 e. The summed E-state index contributed by atoms with van der Waals surface area (Å²) >= 11 is 15.5. The van der Waals surface area contributed by atoms with Crippen molar-refractivity contribution in [2.24, 2.45) is 11.0 Å². The van der Waals surface area contributed by atoms with Crippen LogP contribution >= 0.6 is 79.6 Å². The third-order valence-electron chi connectivity index (χ3n) is 1.56. The maximum Gasteiger partial charge on any atom is 0.396 e. The number of hydrogen-bond acceptors (Lipinski definition) is 4. The van der Waals surface area contributed by atoms with Gasteiger partial charge in [-0.25, -0.2) is 9.59 Å². The molecule has 0 aliphatic heterocycles. The molecule has 0 spiro atoms. The average molecular weight is 596 g/mol. The minimum Gasteiger partial charge on any atom is -0.463 e. The minimum absolute atomic E-state index is 0.0197. The fraction of sp³-hybridized carbons (Fsp3) is 0.714. The van der Waals surface area contributed by atoms with Gasteiger partial charge in [0.1, 0.15) is 0 Å². The highest BCUT2D eigenvalue weighted by Crippen LogP contribution is 2.35. The van der Waals surface area contributed by atoms with E-state index in [0.29, 0.717) is 0 Å². The Hall–Kier alpha value is 0.650. The van der Waals surface area contributed by atoms with Crippen LogP contribution in [0, 0.1) is 5.92 Å². The Kier molecular flexibility index (Phi) is 9.89. The van der Waals surface area contributed by atoms with Gasteiger partial charge in [0.25, 0.3) is 0 Å². The summed E-state index contributed by atoms with van der Waals surface area (Å²) in [5.74, 6) is -0.962. The molecule has 0 bridgehead atoms. The SMILES string of the molecule is [N-]=[N+]=NC(=O)OCC(COC(=O)C(Br)(Br)Br)C(Br)Br. The monoisotopic (exact) mass is 591 g/mol. The summed E-state index contributed by atoms with van der Waals surface area (Å²) in [6, 6.07) is 0. The van der Waals surface area contributed by atoms with Crippen LogP contribution in [-0.4, -0.2) is 31.2 Å². The first-order valence-corrected chi connectivity index (χ1v) is 8.63. The molecule has 0 aromatic rings. The van der Waals surface area contributed by atoms with Gasteiger partial charge in [-0.05, 0) is 53.3 Å². The summed E-state index contributed by atoms with van der Waals surface area (Å²) in [6.07, 6.45) is -1.05. The molecule has 1 amide bonds. The lowest BCUT2D eigenvalue weighted by atomic mass is 10.2. The molecule has 1 unspecified atom stereocenters. The molecule has 0 aromatic carbocycles. The molecule has 0 rings (SSSR count). The number of carbonyl (C=O) groups excluding carboxylic acids is 2. The summed E-state index contributed by atoms with van der Waals surface area (Å²) < 4.78 is 8.24. The van der Waals surface area contributed by atoms with Crippen LogP contribution in [0.2, 0.25) is 0 Å². The number of rotatable bonds is 5. The van der Waals surface area contributed by atoms with Crippen LogP contribution in [0.3, 0.4) is 0 Å². The molecule has 0 aliphatic carbocycles. The molecule has 0 heterocycles. The van der Waals surface area contributed by atoms with E-state index in [1.165, 1.54) is 0 Å². The van der Waals surface area contributed by atoms with E-state index in [9.17, 15) is 9.59 Å². The predicted molar refractivity (Wildman–Crippen MR) is 86.1 cm³/mol. The van der Waals surface area contributed by atoms with Gasteiger partial charge in [-0.1, -0.05) is 31.9 Å². The van der Waals surface area contributed by atoms with Crippen molar-refractivity contribution >= 4 is 91.7 Å². The highest BCUT2D eigenvalue weighted by Gasteiger charge is 2.32. The Morgan fingerprint density at radius 1 is 1.21 bits per heavy atom. The first kappa shape index (κ1) is 19.7. The van der Waals surface area contributed by atoms with Crippen molar-refractivity contribution in [2.45, 2.75) is 5.88 Å². The summed E-state index contributed by atoms with van der Waals surface area (Å²) in [5, 5.41) is 2.75. The molecular formula is C7H6Br5N3O4. The van der Waals surface area contributed by atoms with Crippen molar-refractivity contribution in [2.75, 3.05) is 13.2 Å². The lowest BCUT2D eigenvalue weighted by Crippen LogP contribution is -2.28. The quantitative estimate of drug-likeness (QED) is 0.153. The topological polar surface area (TPSA) is 101 Å². The predicted octanol–water partition coefficient (Wildman–Crippen LogP) is 4.55. The molecule has 0 radical (unpaired) electrons. The summed E-state index contributed by atoms with van der Waals surface area (Å²) in [4.78, 5) is 24.6. The molecule has 7 nitrogen and oxygen atoms in total. The Morgan fingerprint density at radius 3 is 2.16 bits per heavy atom. The zero-order chi connectivity index (χ0) is 15.1. The van der Waals surface area contributed by atoms with E-state index in [2.05, 4.69) is 94.4 Å². The van der Waals surface area contributed by atoms with E-state index in [4.69, 9.17) is 10.3 Å². The number of azide groups is 1. The Bertz CT molecular complexity index is 379. The van der Waals surface area contributed by atoms with Crippen LogP contribution in [0.25, 0.3) is 10.4 Å². The van der Waals surface area contributed by atoms with Crippen LogP contribution in [0.4, 0.5) is 4.79 Å². The molecule has 1 atom stereocenters. The van der Waals surface area contributed by atoms with Crippen molar-refractivity contribution in [3.63, 3.8) is 0 Å². The zero-order valence-corrected chi connectivity index (χ0v) is 16.9. The van der Waals surface area contributed by atoms with E-state index < -0.39 is 14.2 Å². The molecule has 0 saturated carbocycles.